The van der Waals surface area contributed by atoms with E-state index in [0.717, 1.165) is 47.7 Å². The molecule has 4 heteroatoms. The number of carbonyl (C=O) groups excluding carboxylic acids is 1. The average Bonchev–Trinajstić information content (AvgIpc) is 3.29. The fourth-order valence-corrected chi connectivity index (χ4v) is 8.78. The summed E-state index contributed by atoms with van der Waals surface area (Å²) in [5.74, 6) is 2.50. The van der Waals surface area contributed by atoms with Crippen LogP contribution in [0, 0.1) is 28.6 Å². The summed E-state index contributed by atoms with van der Waals surface area (Å²) in [6, 6.07) is 8.06. The largest absolute Gasteiger partial charge is 0.299 e. The van der Waals surface area contributed by atoms with E-state index in [-0.39, 0.29) is 10.8 Å². The van der Waals surface area contributed by atoms with Gasteiger partial charge in [0.25, 0.3) is 0 Å². The number of allylic oxidation sites excluding steroid dienone is 2. The number of aryl methyl sites for hydroxylation is 1. The highest BCUT2D eigenvalue weighted by Gasteiger charge is 2.58. The summed E-state index contributed by atoms with van der Waals surface area (Å²) < 4.78 is 0. The molecule has 30 heavy (non-hydrogen) atoms. The Morgan fingerprint density at radius 2 is 1.80 bits per heavy atom. The summed E-state index contributed by atoms with van der Waals surface area (Å²) in [6.45, 7) is 4.78. The minimum atomic E-state index is -0.0467. The van der Waals surface area contributed by atoms with Gasteiger partial charge in [0.15, 0.2) is 0 Å². The normalized spacial score (nSPS) is 37.1. The van der Waals surface area contributed by atoms with Crippen LogP contribution in [0.25, 0.3) is 16.1 Å². The zero-order valence-corrected chi connectivity index (χ0v) is 19.3. The molecule has 6 rings (SSSR count). The highest BCUT2D eigenvalue weighted by Crippen LogP contribution is 2.65. The van der Waals surface area contributed by atoms with Crippen LogP contribution in [0.3, 0.4) is 0 Å². The molecular weight excluding hydrogens is 410 g/mol. The maximum atomic E-state index is 12.7. The van der Waals surface area contributed by atoms with Gasteiger partial charge in [0, 0.05) is 22.4 Å². The number of fused-ring (bicyclic) bond motifs is 7. The van der Waals surface area contributed by atoms with Gasteiger partial charge in [-0.05, 0) is 79.4 Å². The van der Waals surface area contributed by atoms with Crippen molar-refractivity contribution < 1.29 is 4.79 Å². The molecule has 4 aliphatic carbocycles. The lowest BCUT2D eigenvalue weighted by Crippen LogP contribution is -2.49. The van der Waals surface area contributed by atoms with Crippen LogP contribution in [-0.2, 0) is 11.2 Å². The SMILES string of the molecule is C[C@]12CCc3nc(-c4ccc(Cl)cc4)sc3C1=CC[C@@H]1[C@@H]2CC[C@]2(C)C(=O)CC[C@@H]12. The molecule has 2 aromatic rings. The zero-order chi connectivity index (χ0) is 20.7. The third-order valence-electron chi connectivity index (χ3n) is 9.09. The van der Waals surface area contributed by atoms with Crippen LogP contribution < -0.4 is 0 Å². The lowest BCUT2D eigenvalue weighted by molar-refractivity contribution is -0.131. The summed E-state index contributed by atoms with van der Waals surface area (Å²) in [4.78, 5) is 19.1. The first-order valence-corrected chi connectivity index (χ1v) is 12.6. The van der Waals surface area contributed by atoms with Crippen molar-refractivity contribution in [3.63, 3.8) is 0 Å². The molecule has 1 aromatic carbocycles. The fraction of sp³-hybridized carbons (Fsp3) is 0.538. The number of hydrogen-bond acceptors (Lipinski definition) is 3. The smallest absolute Gasteiger partial charge is 0.139 e. The predicted molar refractivity (Wildman–Crippen MR) is 124 cm³/mol. The van der Waals surface area contributed by atoms with E-state index in [1.165, 1.54) is 23.4 Å². The summed E-state index contributed by atoms with van der Waals surface area (Å²) in [7, 11) is 0. The second-order valence-corrected chi connectivity index (χ2v) is 11.8. The van der Waals surface area contributed by atoms with Gasteiger partial charge in [0.2, 0.25) is 0 Å². The van der Waals surface area contributed by atoms with E-state index >= 15 is 0 Å². The standard InChI is InChI=1S/C26H28ClNOS/c1-25-14-12-21-23(30-24(28-21)15-3-5-16(27)6-4-15)20(25)8-7-17-18-9-10-22(29)26(18,2)13-11-19(17)25/h3-6,8,17-19H,7,9-14H2,1-2H3/t17-,18-,19-,25+,26-/m0/s1. The molecule has 0 saturated heterocycles. The van der Waals surface area contributed by atoms with Gasteiger partial charge in [0.1, 0.15) is 10.8 Å². The highest BCUT2D eigenvalue weighted by atomic mass is 35.5. The molecule has 1 heterocycles. The van der Waals surface area contributed by atoms with Crippen LogP contribution in [0.15, 0.2) is 30.3 Å². The van der Waals surface area contributed by atoms with E-state index < -0.39 is 0 Å². The first-order chi connectivity index (χ1) is 14.4. The second kappa shape index (κ2) is 6.53. The fourth-order valence-electron chi connectivity index (χ4n) is 7.36. The van der Waals surface area contributed by atoms with E-state index in [0.29, 0.717) is 23.5 Å². The Kier molecular flexibility index (Phi) is 4.19. The van der Waals surface area contributed by atoms with Gasteiger partial charge >= 0.3 is 0 Å². The van der Waals surface area contributed by atoms with Gasteiger partial charge in [-0.2, -0.15) is 0 Å². The predicted octanol–water partition coefficient (Wildman–Crippen LogP) is 7.21. The van der Waals surface area contributed by atoms with E-state index in [4.69, 9.17) is 16.6 Å². The maximum Gasteiger partial charge on any atom is 0.139 e. The Morgan fingerprint density at radius 3 is 2.60 bits per heavy atom. The molecule has 2 saturated carbocycles. The van der Waals surface area contributed by atoms with E-state index in [2.05, 4.69) is 32.1 Å². The monoisotopic (exact) mass is 437 g/mol. The second-order valence-electron chi connectivity index (χ2n) is 10.4. The van der Waals surface area contributed by atoms with Crippen LogP contribution in [0.2, 0.25) is 5.02 Å². The number of thiazole rings is 1. The molecule has 0 bridgehead atoms. The molecule has 2 fully saturated rings. The van der Waals surface area contributed by atoms with E-state index in [1.807, 2.05) is 23.5 Å². The van der Waals surface area contributed by atoms with Crippen molar-refractivity contribution >= 4 is 34.3 Å². The molecule has 2 nitrogen and oxygen atoms in total. The van der Waals surface area contributed by atoms with Crippen LogP contribution in [0.5, 0.6) is 0 Å². The number of halogens is 1. The van der Waals surface area contributed by atoms with Crippen LogP contribution in [0.1, 0.15) is 62.9 Å². The van der Waals surface area contributed by atoms with Gasteiger partial charge in [-0.25, -0.2) is 4.98 Å². The summed E-state index contributed by atoms with van der Waals surface area (Å²) >= 11 is 7.94. The first-order valence-electron chi connectivity index (χ1n) is 11.4. The lowest BCUT2D eigenvalue weighted by Gasteiger charge is -2.55. The van der Waals surface area contributed by atoms with Gasteiger partial charge in [-0.15, -0.1) is 11.3 Å². The summed E-state index contributed by atoms with van der Waals surface area (Å²) in [5.41, 5.74) is 4.17. The number of nitrogens with zero attached hydrogens (tertiary/aromatic N) is 1. The summed E-state index contributed by atoms with van der Waals surface area (Å²) in [5, 5.41) is 1.88. The van der Waals surface area contributed by atoms with E-state index in [9.17, 15) is 4.79 Å². The Morgan fingerprint density at radius 1 is 1.03 bits per heavy atom. The molecular formula is C26H28ClNOS. The maximum absolute atomic E-state index is 12.7. The third-order valence-corrected chi connectivity index (χ3v) is 10.5. The number of rotatable bonds is 1. The number of ketones is 1. The van der Waals surface area contributed by atoms with Crippen molar-refractivity contribution in [2.45, 2.75) is 58.8 Å². The molecule has 0 N–H and O–H groups in total. The number of benzene rings is 1. The minimum absolute atomic E-state index is 0.0467. The van der Waals surface area contributed by atoms with Gasteiger partial charge in [-0.1, -0.05) is 43.7 Å². The molecule has 156 valence electrons. The lowest BCUT2D eigenvalue weighted by atomic mass is 9.48. The van der Waals surface area contributed by atoms with Gasteiger partial charge < -0.3 is 0 Å². The Hall–Kier alpha value is -1.45. The topological polar surface area (TPSA) is 30.0 Å². The number of Topliss-reactive ketones (excluding diaryl/α,β-unsaturated/α-hetero) is 1. The van der Waals surface area contributed by atoms with Crippen molar-refractivity contribution in [2.75, 3.05) is 0 Å². The molecule has 1 aromatic heterocycles. The van der Waals surface area contributed by atoms with Crippen LogP contribution >= 0.6 is 22.9 Å². The van der Waals surface area contributed by atoms with Crippen molar-refractivity contribution in [1.29, 1.82) is 0 Å². The quantitative estimate of drug-likeness (QED) is 0.471. The van der Waals surface area contributed by atoms with Gasteiger partial charge in [-0.3, -0.25) is 4.79 Å². The van der Waals surface area contributed by atoms with E-state index in [1.54, 1.807) is 5.57 Å². The Bertz CT molecular complexity index is 1070. The number of hydrogen-bond donors (Lipinski definition) is 0. The van der Waals surface area contributed by atoms with Crippen molar-refractivity contribution in [1.82, 2.24) is 4.98 Å². The molecule has 0 spiro atoms. The summed E-state index contributed by atoms with van der Waals surface area (Å²) in [6.07, 6.45) is 10.1. The van der Waals surface area contributed by atoms with Gasteiger partial charge in [0.05, 0.1) is 10.6 Å². The Labute approximate surface area is 187 Å². The number of aromatic nitrogens is 1. The number of carbonyl (C=O) groups is 1. The van der Waals surface area contributed by atoms with Crippen molar-refractivity contribution in [2.24, 2.45) is 28.6 Å². The van der Waals surface area contributed by atoms with Crippen LogP contribution in [0.4, 0.5) is 0 Å². The molecule has 0 unspecified atom stereocenters. The molecule has 0 amide bonds. The average molecular weight is 438 g/mol. The molecule has 0 radical (unpaired) electrons. The third kappa shape index (κ3) is 2.54. The van der Waals surface area contributed by atoms with Crippen molar-refractivity contribution in [3.05, 3.63) is 45.9 Å². The van der Waals surface area contributed by atoms with Crippen molar-refractivity contribution in [3.8, 4) is 10.6 Å². The molecule has 0 aliphatic heterocycles. The molecule has 5 atom stereocenters. The highest BCUT2D eigenvalue weighted by molar-refractivity contribution is 7.16. The zero-order valence-electron chi connectivity index (χ0n) is 17.7. The Balaban J connectivity index is 1.39. The molecule has 4 aliphatic rings. The first kappa shape index (κ1) is 19.3. The van der Waals surface area contributed by atoms with Crippen LogP contribution in [-0.4, -0.2) is 10.8 Å². The minimum Gasteiger partial charge on any atom is -0.299 e.